The predicted octanol–water partition coefficient (Wildman–Crippen LogP) is 1.39. The molecule has 0 aliphatic carbocycles. The van der Waals surface area contributed by atoms with E-state index in [9.17, 15) is 8.42 Å². The highest BCUT2D eigenvalue weighted by atomic mass is 32.2. The molecule has 1 fully saturated rings. The summed E-state index contributed by atoms with van der Waals surface area (Å²) in [5.74, 6) is 0.568. The summed E-state index contributed by atoms with van der Waals surface area (Å²) in [4.78, 5) is 0. The molecule has 94 valence electrons. The van der Waals surface area contributed by atoms with Gasteiger partial charge in [-0.15, -0.1) is 0 Å². The van der Waals surface area contributed by atoms with E-state index in [1.807, 2.05) is 30.3 Å². The summed E-state index contributed by atoms with van der Waals surface area (Å²) in [5.41, 5.74) is 1.19. The summed E-state index contributed by atoms with van der Waals surface area (Å²) in [5, 5.41) is 3.40. The molecule has 1 N–H and O–H groups in total. The van der Waals surface area contributed by atoms with E-state index >= 15 is 0 Å². The highest BCUT2D eigenvalue weighted by Crippen LogP contribution is 2.12. The monoisotopic (exact) mass is 253 g/mol. The van der Waals surface area contributed by atoms with Crippen LogP contribution in [-0.4, -0.2) is 32.0 Å². The Morgan fingerprint density at radius 1 is 1.29 bits per heavy atom. The second kappa shape index (κ2) is 5.19. The van der Waals surface area contributed by atoms with Gasteiger partial charge in [-0.25, -0.2) is 8.42 Å². The van der Waals surface area contributed by atoms with Crippen molar-refractivity contribution >= 4 is 9.84 Å². The van der Waals surface area contributed by atoms with E-state index in [0.717, 1.165) is 6.42 Å². The number of nitrogens with one attached hydrogen (secondary N) is 1. The molecular weight excluding hydrogens is 234 g/mol. The zero-order valence-electron chi connectivity index (χ0n) is 10.1. The molecule has 0 radical (unpaired) electrons. The number of rotatable bonds is 2. The Hall–Kier alpha value is -0.870. The summed E-state index contributed by atoms with van der Waals surface area (Å²) in [6.07, 6.45) is 1.50. The van der Waals surface area contributed by atoms with Crippen molar-refractivity contribution in [2.24, 2.45) is 0 Å². The van der Waals surface area contributed by atoms with E-state index in [2.05, 4.69) is 12.2 Å². The van der Waals surface area contributed by atoms with Crippen LogP contribution in [0.2, 0.25) is 0 Å². The van der Waals surface area contributed by atoms with Crippen LogP contribution in [0, 0.1) is 0 Å². The van der Waals surface area contributed by atoms with Crippen LogP contribution in [-0.2, 0) is 16.3 Å². The number of benzene rings is 1. The Morgan fingerprint density at radius 2 is 2.00 bits per heavy atom. The molecule has 0 amide bonds. The Bertz CT molecular complexity index is 456. The van der Waals surface area contributed by atoms with Crippen molar-refractivity contribution in [3.63, 3.8) is 0 Å². The topological polar surface area (TPSA) is 46.2 Å². The van der Waals surface area contributed by atoms with Crippen LogP contribution in [0.1, 0.15) is 18.9 Å². The average Bonchev–Trinajstić information content (AvgIpc) is 2.39. The lowest BCUT2D eigenvalue weighted by Crippen LogP contribution is -2.39. The number of hydrogen-bond donors (Lipinski definition) is 1. The van der Waals surface area contributed by atoms with Crippen LogP contribution in [0.4, 0.5) is 0 Å². The maximum absolute atomic E-state index is 11.8. The molecule has 1 aromatic rings. The maximum atomic E-state index is 11.8. The molecule has 0 aromatic heterocycles. The standard InChI is InChI=1S/C13H19NO2S/c1-11-7-8-17(15,16)10-13(14-11)9-12-5-3-2-4-6-12/h2-6,11,13-14H,7-10H2,1H3. The van der Waals surface area contributed by atoms with Crippen molar-refractivity contribution in [2.45, 2.75) is 31.8 Å². The van der Waals surface area contributed by atoms with E-state index in [4.69, 9.17) is 0 Å². The van der Waals surface area contributed by atoms with Gasteiger partial charge in [-0.1, -0.05) is 30.3 Å². The van der Waals surface area contributed by atoms with Gasteiger partial charge in [0.05, 0.1) is 11.5 Å². The first-order valence-electron chi connectivity index (χ1n) is 6.05. The van der Waals surface area contributed by atoms with Gasteiger partial charge in [-0.05, 0) is 25.3 Å². The highest BCUT2D eigenvalue weighted by Gasteiger charge is 2.25. The molecule has 1 saturated heterocycles. The Morgan fingerprint density at radius 3 is 2.71 bits per heavy atom. The molecule has 3 nitrogen and oxygen atoms in total. The first kappa shape index (κ1) is 12.6. The van der Waals surface area contributed by atoms with Crippen molar-refractivity contribution in [2.75, 3.05) is 11.5 Å². The summed E-state index contributed by atoms with van der Waals surface area (Å²) in [6, 6.07) is 10.4. The molecule has 2 unspecified atom stereocenters. The first-order chi connectivity index (χ1) is 8.05. The third-order valence-corrected chi connectivity index (χ3v) is 4.93. The quantitative estimate of drug-likeness (QED) is 0.866. The van der Waals surface area contributed by atoms with Crippen LogP contribution in [0.25, 0.3) is 0 Å². The van der Waals surface area contributed by atoms with E-state index in [1.165, 1.54) is 5.56 Å². The summed E-state index contributed by atoms with van der Waals surface area (Å²) in [7, 11) is -2.88. The minimum Gasteiger partial charge on any atom is -0.310 e. The lowest BCUT2D eigenvalue weighted by Gasteiger charge is -2.18. The lowest BCUT2D eigenvalue weighted by molar-refractivity contribution is 0.469. The van der Waals surface area contributed by atoms with Gasteiger partial charge in [0.25, 0.3) is 0 Å². The van der Waals surface area contributed by atoms with Gasteiger partial charge >= 0.3 is 0 Å². The second-order valence-electron chi connectivity index (χ2n) is 4.86. The molecule has 0 saturated carbocycles. The molecule has 0 bridgehead atoms. The van der Waals surface area contributed by atoms with Crippen LogP contribution < -0.4 is 5.32 Å². The zero-order valence-corrected chi connectivity index (χ0v) is 10.9. The lowest BCUT2D eigenvalue weighted by atomic mass is 10.1. The average molecular weight is 253 g/mol. The molecule has 0 spiro atoms. The van der Waals surface area contributed by atoms with Crippen LogP contribution in [0.5, 0.6) is 0 Å². The largest absolute Gasteiger partial charge is 0.310 e. The molecule has 4 heteroatoms. The zero-order chi connectivity index (χ0) is 12.3. The minimum atomic E-state index is -2.88. The molecular formula is C13H19NO2S. The molecule has 1 aliphatic heterocycles. The molecule has 1 heterocycles. The van der Waals surface area contributed by atoms with Crippen molar-refractivity contribution in [3.8, 4) is 0 Å². The third-order valence-electron chi connectivity index (χ3n) is 3.16. The highest BCUT2D eigenvalue weighted by molar-refractivity contribution is 7.91. The second-order valence-corrected chi connectivity index (χ2v) is 7.09. The van der Waals surface area contributed by atoms with Gasteiger partial charge in [0, 0.05) is 12.1 Å². The Labute approximate surface area is 103 Å². The molecule has 17 heavy (non-hydrogen) atoms. The Kier molecular flexibility index (Phi) is 3.84. The summed E-state index contributed by atoms with van der Waals surface area (Å²) in [6.45, 7) is 2.05. The fraction of sp³-hybridized carbons (Fsp3) is 0.538. The van der Waals surface area contributed by atoms with Gasteiger partial charge in [0.1, 0.15) is 0 Å². The maximum Gasteiger partial charge on any atom is 0.151 e. The van der Waals surface area contributed by atoms with Gasteiger partial charge in [0.15, 0.2) is 9.84 Å². The Balaban J connectivity index is 2.09. The summed E-state index contributed by atoms with van der Waals surface area (Å²) < 4.78 is 23.6. The predicted molar refractivity (Wildman–Crippen MR) is 69.8 cm³/mol. The van der Waals surface area contributed by atoms with Crippen molar-refractivity contribution < 1.29 is 8.42 Å². The van der Waals surface area contributed by atoms with Crippen LogP contribution in [0.15, 0.2) is 30.3 Å². The van der Waals surface area contributed by atoms with Crippen LogP contribution >= 0.6 is 0 Å². The van der Waals surface area contributed by atoms with Crippen molar-refractivity contribution in [1.82, 2.24) is 5.32 Å². The fourth-order valence-electron chi connectivity index (χ4n) is 2.30. The minimum absolute atomic E-state index is 0.0416. The SMILES string of the molecule is CC1CCS(=O)(=O)CC(Cc2ccccc2)N1. The molecule has 2 atom stereocenters. The van der Waals surface area contributed by atoms with Crippen molar-refractivity contribution in [1.29, 1.82) is 0 Å². The van der Waals surface area contributed by atoms with Gasteiger partial charge in [-0.3, -0.25) is 0 Å². The van der Waals surface area contributed by atoms with E-state index in [-0.39, 0.29) is 17.8 Å². The van der Waals surface area contributed by atoms with Crippen LogP contribution in [0.3, 0.4) is 0 Å². The molecule has 2 rings (SSSR count). The normalized spacial score (nSPS) is 28.5. The van der Waals surface area contributed by atoms with E-state index in [1.54, 1.807) is 0 Å². The number of hydrogen-bond acceptors (Lipinski definition) is 3. The van der Waals surface area contributed by atoms with Gasteiger partial charge in [-0.2, -0.15) is 0 Å². The van der Waals surface area contributed by atoms with Gasteiger partial charge < -0.3 is 5.32 Å². The number of sulfone groups is 1. The van der Waals surface area contributed by atoms with E-state index in [0.29, 0.717) is 12.2 Å². The first-order valence-corrected chi connectivity index (χ1v) is 7.88. The smallest absolute Gasteiger partial charge is 0.151 e. The summed E-state index contributed by atoms with van der Waals surface area (Å²) >= 11 is 0. The van der Waals surface area contributed by atoms with E-state index < -0.39 is 9.84 Å². The fourth-order valence-corrected chi connectivity index (χ4v) is 4.00. The van der Waals surface area contributed by atoms with Gasteiger partial charge in [0.2, 0.25) is 0 Å². The molecule has 1 aromatic carbocycles. The van der Waals surface area contributed by atoms with Crippen molar-refractivity contribution in [3.05, 3.63) is 35.9 Å². The molecule has 1 aliphatic rings. The third kappa shape index (κ3) is 3.82.